The van der Waals surface area contributed by atoms with E-state index in [0.29, 0.717) is 0 Å². The molecule has 2 unspecified atom stereocenters. The fourth-order valence-electron chi connectivity index (χ4n) is 1.48. The predicted octanol–water partition coefficient (Wildman–Crippen LogP) is 2.44. The molecular weight excluding hydrogens is 220 g/mol. The number of amides is 1. The summed E-state index contributed by atoms with van der Waals surface area (Å²) in [6.07, 6.45) is 2.84. The molecule has 1 aromatic rings. The summed E-state index contributed by atoms with van der Waals surface area (Å²) in [6, 6.07) is 3.69. The van der Waals surface area contributed by atoms with Crippen molar-refractivity contribution in [1.82, 2.24) is 5.32 Å². The Morgan fingerprint density at radius 2 is 2.38 bits per heavy atom. The monoisotopic (exact) mass is 240 g/mol. The highest BCUT2D eigenvalue weighted by molar-refractivity contribution is 7.10. The zero-order valence-electron chi connectivity index (χ0n) is 9.90. The van der Waals surface area contributed by atoms with Gasteiger partial charge in [0, 0.05) is 4.88 Å². The second-order valence-electron chi connectivity index (χ2n) is 3.99. The molecule has 2 atom stereocenters. The maximum atomic E-state index is 11.7. The average Bonchev–Trinajstić information content (AvgIpc) is 2.79. The highest BCUT2D eigenvalue weighted by Gasteiger charge is 2.16. The van der Waals surface area contributed by atoms with E-state index < -0.39 is 0 Å². The van der Waals surface area contributed by atoms with Crippen molar-refractivity contribution in [2.24, 2.45) is 5.73 Å². The standard InChI is InChI=1S/C12H20N2OS/c1-3-4-6-10(13)12(15)14-9(2)11-7-5-8-16-11/h5,7-10H,3-4,6,13H2,1-2H3,(H,14,15). The van der Waals surface area contributed by atoms with Crippen LogP contribution in [0, 0.1) is 0 Å². The van der Waals surface area contributed by atoms with Gasteiger partial charge in [-0.2, -0.15) is 0 Å². The molecule has 0 fully saturated rings. The molecule has 3 N–H and O–H groups in total. The van der Waals surface area contributed by atoms with Gasteiger partial charge >= 0.3 is 0 Å². The minimum atomic E-state index is -0.373. The molecule has 0 aromatic carbocycles. The lowest BCUT2D eigenvalue weighted by Gasteiger charge is -2.16. The van der Waals surface area contributed by atoms with Gasteiger partial charge in [0.25, 0.3) is 0 Å². The molecule has 1 heterocycles. The molecule has 0 saturated carbocycles. The van der Waals surface area contributed by atoms with Crippen LogP contribution in [0.3, 0.4) is 0 Å². The number of rotatable bonds is 6. The van der Waals surface area contributed by atoms with Gasteiger partial charge in [0.1, 0.15) is 0 Å². The van der Waals surface area contributed by atoms with Gasteiger partial charge in [-0.05, 0) is 24.8 Å². The van der Waals surface area contributed by atoms with E-state index in [2.05, 4.69) is 12.2 Å². The predicted molar refractivity (Wildman–Crippen MR) is 68.4 cm³/mol. The van der Waals surface area contributed by atoms with E-state index >= 15 is 0 Å². The quantitative estimate of drug-likeness (QED) is 0.802. The number of nitrogens with one attached hydrogen (secondary N) is 1. The number of thiophene rings is 1. The Balaban J connectivity index is 2.39. The molecule has 0 aliphatic rings. The third-order valence-corrected chi connectivity index (χ3v) is 3.59. The summed E-state index contributed by atoms with van der Waals surface area (Å²) in [7, 11) is 0. The molecular formula is C12H20N2OS. The molecule has 0 radical (unpaired) electrons. The molecule has 3 nitrogen and oxygen atoms in total. The van der Waals surface area contributed by atoms with Crippen molar-refractivity contribution >= 4 is 17.2 Å². The summed E-state index contributed by atoms with van der Waals surface area (Å²) < 4.78 is 0. The maximum absolute atomic E-state index is 11.7. The Bertz CT molecular complexity index is 311. The van der Waals surface area contributed by atoms with Crippen LogP contribution in [0.25, 0.3) is 0 Å². The highest BCUT2D eigenvalue weighted by Crippen LogP contribution is 2.18. The lowest BCUT2D eigenvalue weighted by molar-refractivity contribution is -0.123. The number of unbranched alkanes of at least 4 members (excludes halogenated alkanes) is 1. The Labute approximate surface area is 101 Å². The first kappa shape index (κ1) is 13.2. The molecule has 1 amide bonds. The molecule has 0 aliphatic carbocycles. The van der Waals surface area contributed by atoms with Crippen LogP contribution in [0.4, 0.5) is 0 Å². The van der Waals surface area contributed by atoms with Gasteiger partial charge in [0.2, 0.25) is 5.91 Å². The summed E-state index contributed by atoms with van der Waals surface area (Å²) in [6.45, 7) is 4.08. The third-order valence-electron chi connectivity index (χ3n) is 2.53. The van der Waals surface area contributed by atoms with Crippen LogP contribution in [-0.2, 0) is 4.79 Å². The molecule has 16 heavy (non-hydrogen) atoms. The summed E-state index contributed by atoms with van der Waals surface area (Å²) in [4.78, 5) is 12.9. The van der Waals surface area contributed by atoms with Crippen molar-refractivity contribution in [2.45, 2.75) is 45.2 Å². The van der Waals surface area contributed by atoms with E-state index in [1.165, 1.54) is 0 Å². The first-order valence-electron chi connectivity index (χ1n) is 5.74. The van der Waals surface area contributed by atoms with Crippen LogP contribution in [0.1, 0.15) is 44.0 Å². The Morgan fingerprint density at radius 1 is 1.62 bits per heavy atom. The van der Waals surface area contributed by atoms with E-state index in [4.69, 9.17) is 5.73 Å². The van der Waals surface area contributed by atoms with Gasteiger partial charge in [-0.15, -0.1) is 11.3 Å². The van der Waals surface area contributed by atoms with Crippen molar-refractivity contribution in [3.8, 4) is 0 Å². The van der Waals surface area contributed by atoms with Gasteiger partial charge in [-0.3, -0.25) is 4.79 Å². The number of carbonyl (C=O) groups excluding carboxylic acids is 1. The van der Waals surface area contributed by atoms with Crippen molar-refractivity contribution in [3.05, 3.63) is 22.4 Å². The summed E-state index contributed by atoms with van der Waals surface area (Å²) in [5, 5.41) is 4.95. The minimum Gasteiger partial charge on any atom is -0.347 e. The molecule has 1 aromatic heterocycles. The first-order valence-corrected chi connectivity index (χ1v) is 6.62. The molecule has 0 saturated heterocycles. The number of hydrogen-bond acceptors (Lipinski definition) is 3. The van der Waals surface area contributed by atoms with E-state index in [9.17, 15) is 4.79 Å². The maximum Gasteiger partial charge on any atom is 0.237 e. The summed E-state index contributed by atoms with van der Waals surface area (Å²) >= 11 is 1.65. The van der Waals surface area contributed by atoms with E-state index in [1.807, 2.05) is 24.4 Å². The van der Waals surface area contributed by atoms with Gasteiger partial charge in [0.05, 0.1) is 12.1 Å². The Hall–Kier alpha value is -0.870. The van der Waals surface area contributed by atoms with Crippen molar-refractivity contribution < 1.29 is 4.79 Å². The molecule has 90 valence electrons. The summed E-state index contributed by atoms with van der Waals surface area (Å²) in [5.74, 6) is -0.0469. The molecule has 0 spiro atoms. The SMILES string of the molecule is CCCCC(N)C(=O)NC(C)c1cccs1. The zero-order chi connectivity index (χ0) is 12.0. The highest BCUT2D eigenvalue weighted by atomic mass is 32.1. The first-order chi connectivity index (χ1) is 7.65. The molecule has 1 rings (SSSR count). The van der Waals surface area contributed by atoms with Crippen LogP contribution < -0.4 is 11.1 Å². The minimum absolute atomic E-state index is 0.0469. The largest absolute Gasteiger partial charge is 0.347 e. The Morgan fingerprint density at radius 3 is 2.94 bits per heavy atom. The van der Waals surface area contributed by atoms with Crippen LogP contribution in [-0.4, -0.2) is 11.9 Å². The molecule has 0 aliphatic heterocycles. The van der Waals surface area contributed by atoms with Crippen LogP contribution in [0.15, 0.2) is 17.5 Å². The normalized spacial score (nSPS) is 14.4. The third kappa shape index (κ3) is 3.94. The van der Waals surface area contributed by atoms with Crippen molar-refractivity contribution in [2.75, 3.05) is 0 Å². The van der Waals surface area contributed by atoms with Gasteiger partial charge in [0.15, 0.2) is 0 Å². The smallest absolute Gasteiger partial charge is 0.237 e. The Kier molecular flexibility index (Phi) is 5.49. The number of hydrogen-bond donors (Lipinski definition) is 2. The van der Waals surface area contributed by atoms with Crippen LogP contribution in [0.5, 0.6) is 0 Å². The van der Waals surface area contributed by atoms with E-state index in [0.717, 1.165) is 24.1 Å². The number of carbonyl (C=O) groups is 1. The zero-order valence-corrected chi connectivity index (χ0v) is 10.7. The average molecular weight is 240 g/mol. The number of nitrogens with two attached hydrogens (primary N) is 1. The topological polar surface area (TPSA) is 55.1 Å². The van der Waals surface area contributed by atoms with Crippen molar-refractivity contribution in [1.29, 1.82) is 0 Å². The van der Waals surface area contributed by atoms with E-state index in [-0.39, 0.29) is 18.0 Å². The lowest BCUT2D eigenvalue weighted by Crippen LogP contribution is -2.41. The van der Waals surface area contributed by atoms with Crippen molar-refractivity contribution in [3.63, 3.8) is 0 Å². The van der Waals surface area contributed by atoms with Gasteiger partial charge < -0.3 is 11.1 Å². The summed E-state index contributed by atoms with van der Waals surface area (Å²) in [5.41, 5.74) is 5.80. The van der Waals surface area contributed by atoms with Crippen LogP contribution >= 0.6 is 11.3 Å². The second-order valence-corrected chi connectivity index (χ2v) is 4.97. The molecule has 0 bridgehead atoms. The fraction of sp³-hybridized carbons (Fsp3) is 0.583. The van der Waals surface area contributed by atoms with Gasteiger partial charge in [-0.25, -0.2) is 0 Å². The fourth-order valence-corrected chi connectivity index (χ4v) is 2.22. The second kappa shape index (κ2) is 6.66. The van der Waals surface area contributed by atoms with Crippen LogP contribution in [0.2, 0.25) is 0 Å². The lowest BCUT2D eigenvalue weighted by atomic mass is 10.1. The van der Waals surface area contributed by atoms with Gasteiger partial charge in [-0.1, -0.05) is 25.8 Å². The van der Waals surface area contributed by atoms with E-state index in [1.54, 1.807) is 11.3 Å². The molecule has 4 heteroatoms.